The third kappa shape index (κ3) is 1.62. The Labute approximate surface area is 93.0 Å². The smallest absolute Gasteiger partial charge is 0.337 e. The molecule has 1 aromatic heterocycles. The number of hydrogen-bond donors (Lipinski definition) is 1. The van der Waals surface area contributed by atoms with Gasteiger partial charge in [0.1, 0.15) is 5.52 Å². The van der Waals surface area contributed by atoms with Crippen molar-refractivity contribution in [2.75, 3.05) is 0 Å². The molecule has 2 rings (SSSR count). The highest BCUT2D eigenvalue weighted by Crippen LogP contribution is 2.24. The second kappa shape index (κ2) is 3.89. The van der Waals surface area contributed by atoms with Crippen LogP contribution in [0, 0.1) is 0 Å². The quantitative estimate of drug-likeness (QED) is 0.837. The van der Waals surface area contributed by atoms with Crippen LogP contribution >= 0.6 is 0 Å². The van der Waals surface area contributed by atoms with E-state index in [9.17, 15) is 4.79 Å². The first-order valence-corrected chi connectivity index (χ1v) is 5.08. The van der Waals surface area contributed by atoms with Gasteiger partial charge < -0.3 is 5.11 Å². The molecule has 0 aliphatic rings. The molecule has 0 saturated carbocycles. The fourth-order valence-corrected chi connectivity index (χ4v) is 1.72. The van der Waals surface area contributed by atoms with Crippen molar-refractivity contribution in [1.29, 1.82) is 0 Å². The number of carboxylic acid groups (broad SMARTS) is 1. The first kappa shape index (κ1) is 10.5. The van der Waals surface area contributed by atoms with Gasteiger partial charge in [0.25, 0.3) is 0 Å². The fourth-order valence-electron chi connectivity index (χ4n) is 1.72. The molecule has 0 bridgehead atoms. The predicted molar refractivity (Wildman–Crippen MR) is 60.6 cm³/mol. The van der Waals surface area contributed by atoms with E-state index in [1.54, 1.807) is 12.3 Å². The molecule has 0 unspecified atom stereocenters. The Hall–Kier alpha value is -1.97. The van der Waals surface area contributed by atoms with Crippen molar-refractivity contribution in [3.63, 3.8) is 0 Å². The number of aromatic nitrogens is 2. The zero-order chi connectivity index (χ0) is 11.7. The maximum atomic E-state index is 11.0. The Morgan fingerprint density at radius 2 is 1.81 bits per heavy atom. The molecule has 2 aromatic rings. The minimum Gasteiger partial charge on any atom is -0.478 e. The maximum Gasteiger partial charge on any atom is 0.337 e. The van der Waals surface area contributed by atoms with Gasteiger partial charge in [0, 0.05) is 12.4 Å². The van der Waals surface area contributed by atoms with E-state index in [0.717, 1.165) is 5.56 Å². The van der Waals surface area contributed by atoms with Crippen molar-refractivity contribution in [3.05, 3.63) is 35.7 Å². The van der Waals surface area contributed by atoms with Crippen LogP contribution in [0.5, 0.6) is 0 Å². The second-order valence-corrected chi connectivity index (χ2v) is 3.92. The van der Waals surface area contributed by atoms with Crippen molar-refractivity contribution in [2.24, 2.45) is 0 Å². The van der Waals surface area contributed by atoms with Gasteiger partial charge >= 0.3 is 5.97 Å². The molecular weight excluding hydrogens is 204 g/mol. The summed E-state index contributed by atoms with van der Waals surface area (Å²) in [6, 6.07) is 3.40. The molecule has 4 nitrogen and oxygen atoms in total. The summed E-state index contributed by atoms with van der Waals surface area (Å²) in [6.45, 7) is 4.09. The lowest BCUT2D eigenvalue weighted by molar-refractivity contribution is 0.0699. The highest BCUT2D eigenvalue weighted by Gasteiger charge is 2.14. The first-order valence-electron chi connectivity index (χ1n) is 5.08. The summed E-state index contributed by atoms with van der Waals surface area (Å²) in [5.74, 6) is -0.678. The van der Waals surface area contributed by atoms with Gasteiger partial charge in [0.2, 0.25) is 0 Å². The predicted octanol–water partition coefficient (Wildman–Crippen LogP) is 2.45. The zero-order valence-electron chi connectivity index (χ0n) is 9.14. The summed E-state index contributed by atoms with van der Waals surface area (Å²) in [7, 11) is 0. The molecule has 0 saturated heterocycles. The van der Waals surface area contributed by atoms with Gasteiger partial charge in [-0.15, -0.1) is 0 Å². The number of carbonyl (C=O) groups is 1. The minimum absolute atomic E-state index is 0.201. The van der Waals surface area contributed by atoms with Crippen LogP contribution in [0.1, 0.15) is 35.7 Å². The summed E-state index contributed by atoms with van der Waals surface area (Å²) >= 11 is 0. The summed E-state index contributed by atoms with van der Waals surface area (Å²) < 4.78 is 0. The van der Waals surface area contributed by atoms with Crippen LogP contribution in [0.15, 0.2) is 24.5 Å². The van der Waals surface area contributed by atoms with E-state index < -0.39 is 5.97 Å². The number of rotatable bonds is 2. The van der Waals surface area contributed by atoms with Crippen LogP contribution in [-0.2, 0) is 0 Å². The third-order valence-corrected chi connectivity index (χ3v) is 2.51. The Morgan fingerprint density at radius 3 is 2.38 bits per heavy atom. The molecule has 0 fully saturated rings. The average Bonchev–Trinajstić information content (AvgIpc) is 2.27. The van der Waals surface area contributed by atoms with Gasteiger partial charge in [0.15, 0.2) is 0 Å². The number of benzene rings is 1. The Kier molecular flexibility index (Phi) is 2.56. The van der Waals surface area contributed by atoms with E-state index in [-0.39, 0.29) is 5.56 Å². The fraction of sp³-hybridized carbons (Fsp3) is 0.250. The van der Waals surface area contributed by atoms with Crippen molar-refractivity contribution < 1.29 is 9.90 Å². The summed E-state index contributed by atoms with van der Waals surface area (Å²) in [6.07, 6.45) is 3.10. The van der Waals surface area contributed by atoms with E-state index >= 15 is 0 Å². The highest BCUT2D eigenvalue weighted by molar-refractivity contribution is 6.01. The molecule has 0 amide bonds. The number of hydrogen-bond acceptors (Lipinski definition) is 3. The number of aromatic carboxylic acids is 1. The van der Waals surface area contributed by atoms with Crippen molar-refractivity contribution in [2.45, 2.75) is 19.8 Å². The molecule has 0 radical (unpaired) electrons. The molecule has 0 aliphatic carbocycles. The molecule has 16 heavy (non-hydrogen) atoms. The van der Waals surface area contributed by atoms with Crippen molar-refractivity contribution in [3.8, 4) is 0 Å². The second-order valence-electron chi connectivity index (χ2n) is 3.92. The lowest BCUT2D eigenvalue weighted by atomic mass is 9.99. The first-order chi connectivity index (χ1) is 7.61. The summed E-state index contributed by atoms with van der Waals surface area (Å²) in [5.41, 5.74) is 2.36. The molecule has 0 atom stereocenters. The molecule has 1 aromatic carbocycles. The maximum absolute atomic E-state index is 11.0. The number of carboxylic acids is 1. The van der Waals surface area contributed by atoms with Gasteiger partial charge in [-0.3, -0.25) is 9.97 Å². The van der Waals surface area contributed by atoms with Crippen LogP contribution in [0.4, 0.5) is 0 Å². The van der Waals surface area contributed by atoms with E-state index in [2.05, 4.69) is 9.97 Å². The van der Waals surface area contributed by atoms with Crippen LogP contribution in [-0.4, -0.2) is 21.0 Å². The molecule has 1 N–H and O–H groups in total. The Balaban J connectivity index is 2.82. The normalized spacial score (nSPS) is 10.9. The van der Waals surface area contributed by atoms with Crippen LogP contribution in [0.25, 0.3) is 11.0 Å². The summed E-state index contributed by atoms with van der Waals surface area (Å²) in [4.78, 5) is 19.4. The lowest BCUT2D eigenvalue weighted by Crippen LogP contribution is -2.02. The molecule has 1 heterocycles. The van der Waals surface area contributed by atoms with Gasteiger partial charge in [-0.2, -0.15) is 0 Å². The molecule has 0 spiro atoms. The molecular formula is C12H12N2O2. The van der Waals surface area contributed by atoms with Crippen LogP contribution in [0.2, 0.25) is 0 Å². The van der Waals surface area contributed by atoms with E-state index in [1.807, 2.05) is 19.9 Å². The van der Waals surface area contributed by atoms with Gasteiger partial charge in [0.05, 0.1) is 11.1 Å². The third-order valence-electron chi connectivity index (χ3n) is 2.51. The van der Waals surface area contributed by atoms with Gasteiger partial charge in [-0.1, -0.05) is 19.9 Å². The Morgan fingerprint density at radius 1 is 1.19 bits per heavy atom. The lowest BCUT2D eigenvalue weighted by Gasteiger charge is -2.09. The monoisotopic (exact) mass is 216 g/mol. The van der Waals surface area contributed by atoms with E-state index in [0.29, 0.717) is 17.0 Å². The molecule has 82 valence electrons. The van der Waals surface area contributed by atoms with Crippen LogP contribution < -0.4 is 0 Å². The van der Waals surface area contributed by atoms with Gasteiger partial charge in [-0.25, -0.2) is 4.79 Å². The van der Waals surface area contributed by atoms with Crippen molar-refractivity contribution in [1.82, 2.24) is 9.97 Å². The van der Waals surface area contributed by atoms with Gasteiger partial charge in [-0.05, 0) is 17.5 Å². The Bertz CT molecular complexity index is 550. The van der Waals surface area contributed by atoms with E-state index in [4.69, 9.17) is 5.11 Å². The molecule has 0 aliphatic heterocycles. The highest BCUT2D eigenvalue weighted by atomic mass is 16.4. The topological polar surface area (TPSA) is 63.1 Å². The SMILES string of the molecule is CC(C)c1ccc(C(=O)O)c2nccnc12. The van der Waals surface area contributed by atoms with Crippen molar-refractivity contribution >= 4 is 17.0 Å². The molecule has 4 heteroatoms. The largest absolute Gasteiger partial charge is 0.478 e. The zero-order valence-corrected chi connectivity index (χ0v) is 9.14. The standard InChI is InChI=1S/C12H12N2O2/c1-7(2)8-3-4-9(12(15)16)11-10(8)13-5-6-14-11/h3-7H,1-2H3,(H,15,16). The van der Waals surface area contributed by atoms with Crippen LogP contribution in [0.3, 0.4) is 0 Å². The van der Waals surface area contributed by atoms with E-state index in [1.165, 1.54) is 6.20 Å². The minimum atomic E-state index is -0.971. The number of nitrogens with zero attached hydrogens (tertiary/aromatic N) is 2. The number of fused-ring (bicyclic) bond motifs is 1. The average molecular weight is 216 g/mol. The summed E-state index contributed by atoms with van der Waals surface area (Å²) in [5, 5.41) is 9.04.